The van der Waals surface area contributed by atoms with Gasteiger partial charge in [-0.25, -0.2) is 4.98 Å². The fourth-order valence-corrected chi connectivity index (χ4v) is 5.28. The van der Waals surface area contributed by atoms with Crippen LogP contribution in [0.1, 0.15) is 36.5 Å². The molecule has 2 heterocycles. The number of piperidine rings is 1. The van der Waals surface area contributed by atoms with Crippen LogP contribution in [-0.4, -0.2) is 30.6 Å². The van der Waals surface area contributed by atoms with E-state index < -0.39 is 0 Å². The molecule has 30 heavy (non-hydrogen) atoms. The molecule has 1 fully saturated rings. The number of carbonyl (C=O) groups excluding carboxylic acids is 1. The molecule has 1 N–H and O–H groups in total. The third-order valence-electron chi connectivity index (χ3n) is 5.65. The molecule has 1 unspecified atom stereocenters. The predicted octanol–water partition coefficient (Wildman–Crippen LogP) is 5.48. The molecule has 1 aromatic heterocycles. The Labute approximate surface area is 182 Å². The van der Waals surface area contributed by atoms with E-state index >= 15 is 0 Å². The third kappa shape index (κ3) is 4.29. The standard InChI is InChI=1S/C24H29N3O2S/c1-5-29-19-8-9-20-21(13-19)30-24(25-20)27-10-6-7-18(14-27)23(28)26-22-16(3)11-15(2)12-17(22)4/h8-9,11-13,18H,5-7,10,14H2,1-4H3,(H,26,28). The van der Waals surface area contributed by atoms with Crippen LogP contribution in [0.5, 0.6) is 5.75 Å². The van der Waals surface area contributed by atoms with Gasteiger partial charge in [0.25, 0.3) is 0 Å². The van der Waals surface area contributed by atoms with Crippen LogP contribution >= 0.6 is 11.3 Å². The number of nitrogens with zero attached hydrogens (tertiary/aromatic N) is 2. The highest BCUT2D eigenvalue weighted by atomic mass is 32.1. The molecule has 1 saturated heterocycles. The second-order valence-corrected chi connectivity index (χ2v) is 9.12. The Morgan fingerprint density at radius 3 is 2.73 bits per heavy atom. The number of hydrogen-bond donors (Lipinski definition) is 1. The molecule has 1 atom stereocenters. The maximum Gasteiger partial charge on any atom is 0.229 e. The Kier molecular flexibility index (Phi) is 5.95. The van der Waals surface area contributed by atoms with E-state index in [1.807, 2.05) is 19.1 Å². The van der Waals surface area contributed by atoms with Crippen LogP contribution in [-0.2, 0) is 4.79 Å². The van der Waals surface area contributed by atoms with Crippen molar-refractivity contribution in [3.8, 4) is 5.75 Å². The van der Waals surface area contributed by atoms with Crippen LogP contribution in [0.3, 0.4) is 0 Å². The normalized spacial score (nSPS) is 16.7. The van der Waals surface area contributed by atoms with Gasteiger partial charge in [-0.3, -0.25) is 4.79 Å². The third-order valence-corrected chi connectivity index (χ3v) is 6.73. The molecule has 4 rings (SSSR count). The van der Waals surface area contributed by atoms with Crippen molar-refractivity contribution in [1.82, 2.24) is 4.98 Å². The molecule has 0 radical (unpaired) electrons. The number of aromatic nitrogens is 1. The lowest BCUT2D eigenvalue weighted by atomic mass is 9.96. The van der Waals surface area contributed by atoms with Gasteiger partial charge in [0.05, 0.1) is 22.7 Å². The van der Waals surface area contributed by atoms with Crippen molar-refractivity contribution in [3.05, 3.63) is 47.0 Å². The quantitative estimate of drug-likeness (QED) is 0.591. The van der Waals surface area contributed by atoms with Gasteiger partial charge in [-0.05, 0) is 69.9 Å². The molecule has 0 spiro atoms. The lowest BCUT2D eigenvalue weighted by Gasteiger charge is -2.32. The van der Waals surface area contributed by atoms with Crippen molar-refractivity contribution in [1.29, 1.82) is 0 Å². The Hall–Kier alpha value is -2.60. The summed E-state index contributed by atoms with van der Waals surface area (Å²) in [5.41, 5.74) is 5.38. The fourth-order valence-electron chi connectivity index (χ4n) is 4.25. The number of hydrogen-bond acceptors (Lipinski definition) is 5. The summed E-state index contributed by atoms with van der Waals surface area (Å²) in [6, 6.07) is 10.3. The van der Waals surface area contributed by atoms with Crippen LogP contribution in [0.2, 0.25) is 0 Å². The number of benzene rings is 2. The first-order valence-corrected chi connectivity index (χ1v) is 11.4. The highest BCUT2D eigenvalue weighted by Crippen LogP contribution is 2.34. The summed E-state index contributed by atoms with van der Waals surface area (Å²) in [5.74, 6) is 0.944. The zero-order chi connectivity index (χ0) is 21.3. The van der Waals surface area contributed by atoms with Crippen molar-refractivity contribution in [3.63, 3.8) is 0 Å². The van der Waals surface area contributed by atoms with Crippen molar-refractivity contribution in [2.45, 2.75) is 40.5 Å². The van der Waals surface area contributed by atoms with Crippen LogP contribution in [0, 0.1) is 26.7 Å². The molecule has 3 aromatic rings. The number of thiazole rings is 1. The number of rotatable bonds is 5. The highest BCUT2D eigenvalue weighted by Gasteiger charge is 2.28. The zero-order valence-corrected chi connectivity index (χ0v) is 18.9. The van der Waals surface area contributed by atoms with Crippen LogP contribution in [0.25, 0.3) is 10.2 Å². The van der Waals surface area contributed by atoms with Crippen LogP contribution < -0.4 is 15.0 Å². The van der Waals surface area contributed by atoms with Gasteiger partial charge in [-0.15, -0.1) is 0 Å². The fraction of sp³-hybridized carbons (Fsp3) is 0.417. The average Bonchev–Trinajstić information content (AvgIpc) is 3.14. The van der Waals surface area contributed by atoms with Gasteiger partial charge < -0.3 is 15.0 Å². The van der Waals surface area contributed by atoms with Gasteiger partial charge in [0.15, 0.2) is 5.13 Å². The first-order valence-electron chi connectivity index (χ1n) is 10.6. The average molecular weight is 424 g/mol. The van der Waals surface area contributed by atoms with E-state index in [0.717, 1.165) is 57.3 Å². The number of aryl methyl sites for hydroxylation is 3. The molecule has 0 saturated carbocycles. The maximum absolute atomic E-state index is 13.1. The number of anilines is 2. The smallest absolute Gasteiger partial charge is 0.229 e. The zero-order valence-electron chi connectivity index (χ0n) is 18.1. The van der Waals surface area contributed by atoms with Gasteiger partial charge in [-0.1, -0.05) is 29.0 Å². The van der Waals surface area contributed by atoms with E-state index in [4.69, 9.17) is 9.72 Å². The molecule has 1 amide bonds. The van der Waals surface area contributed by atoms with Crippen molar-refractivity contribution in [2.24, 2.45) is 5.92 Å². The Balaban J connectivity index is 1.49. The molecule has 6 heteroatoms. The van der Waals surface area contributed by atoms with Crippen molar-refractivity contribution < 1.29 is 9.53 Å². The minimum atomic E-state index is -0.0372. The molecule has 0 bridgehead atoms. The number of ether oxygens (including phenoxy) is 1. The van der Waals surface area contributed by atoms with E-state index in [1.165, 1.54) is 5.56 Å². The van der Waals surface area contributed by atoms with Crippen LogP contribution in [0.4, 0.5) is 10.8 Å². The molecule has 2 aromatic carbocycles. The van der Waals surface area contributed by atoms with E-state index in [9.17, 15) is 4.79 Å². The Morgan fingerprint density at radius 2 is 2.00 bits per heavy atom. The lowest BCUT2D eigenvalue weighted by Crippen LogP contribution is -2.40. The summed E-state index contributed by atoms with van der Waals surface area (Å²) in [6.45, 7) is 10.5. The summed E-state index contributed by atoms with van der Waals surface area (Å²) in [6.07, 6.45) is 1.90. The first kappa shape index (κ1) is 20.7. The van der Waals surface area contributed by atoms with Gasteiger partial charge in [-0.2, -0.15) is 0 Å². The second-order valence-electron chi connectivity index (χ2n) is 8.11. The summed E-state index contributed by atoms with van der Waals surface area (Å²) in [7, 11) is 0. The SMILES string of the molecule is CCOc1ccc2nc(N3CCCC(C(=O)Nc4c(C)cc(C)cc4C)C3)sc2c1. The highest BCUT2D eigenvalue weighted by molar-refractivity contribution is 7.22. The summed E-state index contributed by atoms with van der Waals surface area (Å²) >= 11 is 1.67. The van der Waals surface area contributed by atoms with Gasteiger partial charge in [0.2, 0.25) is 5.91 Å². The van der Waals surface area contributed by atoms with Gasteiger partial charge >= 0.3 is 0 Å². The Morgan fingerprint density at radius 1 is 1.23 bits per heavy atom. The first-order chi connectivity index (χ1) is 14.4. The monoisotopic (exact) mass is 423 g/mol. The van der Waals surface area contributed by atoms with Crippen molar-refractivity contribution >= 4 is 38.3 Å². The summed E-state index contributed by atoms with van der Waals surface area (Å²) in [4.78, 5) is 20.1. The van der Waals surface area contributed by atoms with Gasteiger partial charge in [0, 0.05) is 18.8 Å². The number of carbonyl (C=O) groups is 1. The molecule has 158 valence electrons. The molecule has 0 aliphatic carbocycles. The number of nitrogens with one attached hydrogen (secondary N) is 1. The lowest BCUT2D eigenvalue weighted by molar-refractivity contribution is -0.120. The maximum atomic E-state index is 13.1. The molecular formula is C24H29N3O2S. The minimum absolute atomic E-state index is 0.0372. The Bertz CT molecular complexity index is 1050. The second kappa shape index (κ2) is 8.64. The molecule has 1 aliphatic heterocycles. The van der Waals surface area contributed by atoms with E-state index in [2.05, 4.69) is 49.2 Å². The molecule has 1 aliphatic rings. The molecular weight excluding hydrogens is 394 g/mol. The largest absolute Gasteiger partial charge is 0.494 e. The topological polar surface area (TPSA) is 54.5 Å². The molecule has 5 nitrogen and oxygen atoms in total. The predicted molar refractivity (Wildman–Crippen MR) is 125 cm³/mol. The van der Waals surface area contributed by atoms with E-state index in [1.54, 1.807) is 11.3 Å². The van der Waals surface area contributed by atoms with Gasteiger partial charge in [0.1, 0.15) is 5.75 Å². The van der Waals surface area contributed by atoms with E-state index in [-0.39, 0.29) is 11.8 Å². The van der Waals surface area contributed by atoms with Crippen LogP contribution in [0.15, 0.2) is 30.3 Å². The number of fused-ring (bicyclic) bond motifs is 1. The minimum Gasteiger partial charge on any atom is -0.494 e. The number of amides is 1. The van der Waals surface area contributed by atoms with Crippen molar-refractivity contribution in [2.75, 3.05) is 29.9 Å². The van der Waals surface area contributed by atoms with E-state index in [0.29, 0.717) is 13.2 Å². The summed E-state index contributed by atoms with van der Waals surface area (Å²) < 4.78 is 6.73. The summed E-state index contributed by atoms with van der Waals surface area (Å²) in [5, 5.41) is 4.18.